The van der Waals surface area contributed by atoms with Gasteiger partial charge in [-0.15, -0.1) is 0 Å². The fraction of sp³-hybridized carbons (Fsp3) is 0.391. The zero-order chi connectivity index (χ0) is 21.7. The Kier molecular flexibility index (Phi) is 6.95. The zero-order valence-electron chi connectivity index (χ0n) is 17.7. The summed E-state index contributed by atoms with van der Waals surface area (Å²) < 4.78 is 8.89. The number of ether oxygens (including phenoxy) is 1. The van der Waals surface area contributed by atoms with E-state index in [1.165, 1.54) is 0 Å². The van der Waals surface area contributed by atoms with Crippen molar-refractivity contribution in [2.24, 2.45) is 7.05 Å². The highest BCUT2D eigenvalue weighted by atomic mass is 16.5. The van der Waals surface area contributed by atoms with E-state index in [-0.39, 0.29) is 31.1 Å². The van der Waals surface area contributed by atoms with Gasteiger partial charge in [-0.3, -0.25) is 13.9 Å². The van der Waals surface area contributed by atoms with Crippen LogP contribution in [-0.2, 0) is 24.9 Å². The first-order valence-electron chi connectivity index (χ1n) is 10.2. The molecule has 30 heavy (non-hydrogen) atoms. The number of carbonyl (C=O) groups excluding carboxylic acids is 1. The molecule has 0 saturated heterocycles. The predicted molar refractivity (Wildman–Crippen MR) is 117 cm³/mol. The molecule has 7 nitrogen and oxygen atoms in total. The van der Waals surface area contributed by atoms with Crippen molar-refractivity contribution in [3.8, 4) is 5.75 Å². The summed E-state index contributed by atoms with van der Waals surface area (Å²) in [5.41, 5.74) is 2.38. The van der Waals surface area contributed by atoms with Crippen LogP contribution in [0, 0.1) is 0 Å². The number of aliphatic hydroxyl groups is 1. The molecule has 0 aliphatic rings. The van der Waals surface area contributed by atoms with E-state index in [4.69, 9.17) is 4.74 Å². The fourth-order valence-electron chi connectivity index (χ4n) is 3.65. The van der Waals surface area contributed by atoms with Crippen molar-refractivity contribution in [3.63, 3.8) is 0 Å². The van der Waals surface area contributed by atoms with Gasteiger partial charge in [-0.1, -0.05) is 30.3 Å². The molecule has 160 valence electrons. The van der Waals surface area contributed by atoms with Gasteiger partial charge in [0.25, 0.3) is 0 Å². The number of aromatic nitrogens is 2. The Labute approximate surface area is 176 Å². The highest BCUT2D eigenvalue weighted by molar-refractivity contribution is 5.78. The average molecular weight is 412 g/mol. The molecule has 0 saturated carbocycles. The lowest BCUT2D eigenvalue weighted by Gasteiger charge is -2.25. The van der Waals surface area contributed by atoms with Crippen LogP contribution < -0.4 is 10.4 Å². The number of rotatable bonds is 9. The van der Waals surface area contributed by atoms with Gasteiger partial charge in [0.1, 0.15) is 5.75 Å². The van der Waals surface area contributed by atoms with Crippen molar-refractivity contribution in [3.05, 3.63) is 64.6 Å². The first kappa shape index (κ1) is 21.6. The van der Waals surface area contributed by atoms with Crippen molar-refractivity contribution in [2.45, 2.75) is 39.5 Å². The van der Waals surface area contributed by atoms with Crippen molar-refractivity contribution >= 4 is 16.9 Å². The molecular weight excluding hydrogens is 382 g/mol. The second-order valence-corrected chi connectivity index (χ2v) is 7.40. The fourth-order valence-corrected chi connectivity index (χ4v) is 3.65. The minimum Gasteiger partial charge on any atom is -0.494 e. The Balaban J connectivity index is 1.79. The molecule has 0 bridgehead atoms. The third-order valence-corrected chi connectivity index (χ3v) is 5.07. The van der Waals surface area contributed by atoms with Crippen molar-refractivity contribution < 1.29 is 14.6 Å². The van der Waals surface area contributed by atoms with Crippen LogP contribution in [0.15, 0.2) is 53.3 Å². The number of hydrogen-bond acceptors (Lipinski definition) is 4. The Morgan fingerprint density at radius 1 is 1.13 bits per heavy atom. The molecule has 2 aromatic carbocycles. The predicted octanol–water partition coefficient (Wildman–Crippen LogP) is 2.54. The molecule has 0 aliphatic carbocycles. The minimum atomic E-state index is -0.659. The third kappa shape index (κ3) is 4.74. The largest absolute Gasteiger partial charge is 0.494 e. The Morgan fingerprint density at radius 3 is 2.50 bits per heavy atom. The molecule has 1 aromatic heterocycles. The van der Waals surface area contributed by atoms with Gasteiger partial charge in [0.15, 0.2) is 0 Å². The molecule has 0 radical (unpaired) electrons. The van der Waals surface area contributed by atoms with Gasteiger partial charge in [0.05, 0.1) is 23.7 Å². The molecule has 1 heterocycles. The summed E-state index contributed by atoms with van der Waals surface area (Å²) in [5, 5.41) is 9.91. The van der Waals surface area contributed by atoms with Gasteiger partial charge >= 0.3 is 5.69 Å². The van der Waals surface area contributed by atoms with Crippen LogP contribution in [-0.4, -0.2) is 44.3 Å². The molecule has 0 unspecified atom stereocenters. The maximum atomic E-state index is 13.0. The van der Waals surface area contributed by atoms with Crippen molar-refractivity contribution in [1.29, 1.82) is 0 Å². The number of nitrogens with zero attached hydrogens (tertiary/aromatic N) is 3. The summed E-state index contributed by atoms with van der Waals surface area (Å²) >= 11 is 0. The molecule has 0 fully saturated rings. The molecule has 1 atom stereocenters. The second kappa shape index (κ2) is 9.63. The number of aryl methyl sites for hydroxylation is 2. The number of amides is 1. The van der Waals surface area contributed by atoms with E-state index < -0.39 is 6.10 Å². The lowest BCUT2D eigenvalue weighted by Crippen LogP contribution is -2.37. The van der Waals surface area contributed by atoms with Gasteiger partial charge in [0, 0.05) is 38.7 Å². The van der Waals surface area contributed by atoms with Crippen molar-refractivity contribution in [1.82, 2.24) is 14.0 Å². The summed E-state index contributed by atoms with van der Waals surface area (Å²) in [5.74, 6) is 0.607. The van der Waals surface area contributed by atoms with Gasteiger partial charge < -0.3 is 14.7 Å². The van der Waals surface area contributed by atoms with Crippen molar-refractivity contribution in [2.75, 3.05) is 13.2 Å². The lowest BCUT2D eigenvalue weighted by atomic mass is 10.1. The van der Waals surface area contributed by atoms with Gasteiger partial charge in [-0.2, -0.15) is 0 Å². The average Bonchev–Trinajstić information content (AvgIpc) is 2.97. The molecule has 1 amide bonds. The molecule has 3 rings (SSSR count). The summed E-state index contributed by atoms with van der Waals surface area (Å²) in [6.07, 6.45) is -0.495. The topological polar surface area (TPSA) is 76.7 Å². The quantitative estimate of drug-likeness (QED) is 0.587. The number of imidazole rings is 1. The summed E-state index contributed by atoms with van der Waals surface area (Å²) in [6, 6.07) is 15.1. The molecule has 3 aromatic rings. The van der Waals surface area contributed by atoms with Gasteiger partial charge in [-0.05, 0) is 32.0 Å². The second-order valence-electron chi connectivity index (χ2n) is 7.40. The normalized spacial score (nSPS) is 12.1. The molecule has 0 spiro atoms. The molecule has 0 aliphatic heterocycles. The molecule has 7 heteroatoms. The van der Waals surface area contributed by atoms with Crippen LogP contribution in [0.1, 0.15) is 25.8 Å². The highest BCUT2D eigenvalue weighted by Crippen LogP contribution is 2.21. The van der Waals surface area contributed by atoms with Crippen LogP contribution in [0.3, 0.4) is 0 Å². The SMILES string of the molecule is CCOc1ccccc1CN(C[C@H](C)O)C(=O)CCn1c(=O)n(C)c2ccccc21. The maximum absolute atomic E-state index is 13.0. The number of aliphatic hydroxyl groups excluding tert-OH is 1. The number of hydrogen-bond donors (Lipinski definition) is 1. The highest BCUT2D eigenvalue weighted by Gasteiger charge is 2.19. The summed E-state index contributed by atoms with van der Waals surface area (Å²) in [7, 11) is 1.73. The van der Waals surface area contributed by atoms with Crippen LogP contribution in [0.2, 0.25) is 0 Å². The monoisotopic (exact) mass is 411 g/mol. The zero-order valence-corrected chi connectivity index (χ0v) is 17.7. The van der Waals surface area contributed by atoms with E-state index in [1.807, 2.05) is 55.5 Å². The number of benzene rings is 2. The lowest BCUT2D eigenvalue weighted by molar-refractivity contribution is -0.133. The van der Waals surface area contributed by atoms with E-state index in [2.05, 4.69) is 0 Å². The maximum Gasteiger partial charge on any atom is 0.328 e. The molecule has 1 N–H and O–H groups in total. The van der Waals surface area contributed by atoms with Crippen LogP contribution in [0.25, 0.3) is 11.0 Å². The van der Waals surface area contributed by atoms with Crippen LogP contribution >= 0.6 is 0 Å². The standard InChI is InChI=1S/C23H29N3O4/c1-4-30-21-12-8-5-9-18(21)16-25(15-17(2)27)22(28)13-14-26-20-11-7-6-10-19(20)24(3)23(26)29/h5-12,17,27H,4,13-16H2,1-3H3/t17-/m0/s1. The first-order chi connectivity index (χ1) is 14.4. The van der Waals surface area contributed by atoms with E-state index in [0.29, 0.717) is 13.2 Å². The summed E-state index contributed by atoms with van der Waals surface area (Å²) in [6.45, 7) is 4.93. The Hall–Kier alpha value is -3.06. The smallest absolute Gasteiger partial charge is 0.328 e. The first-order valence-corrected chi connectivity index (χ1v) is 10.2. The van der Waals surface area contributed by atoms with E-state index in [9.17, 15) is 14.7 Å². The van der Waals surface area contributed by atoms with Gasteiger partial charge in [0.2, 0.25) is 5.91 Å². The number of carbonyl (C=O) groups is 1. The van der Waals surface area contributed by atoms with Gasteiger partial charge in [-0.25, -0.2) is 4.79 Å². The summed E-state index contributed by atoms with van der Waals surface area (Å²) in [4.78, 5) is 27.3. The Morgan fingerprint density at radius 2 is 1.80 bits per heavy atom. The van der Waals surface area contributed by atoms with E-state index >= 15 is 0 Å². The van der Waals surface area contributed by atoms with E-state index in [1.54, 1.807) is 28.0 Å². The number of para-hydroxylation sites is 3. The van der Waals surface area contributed by atoms with E-state index in [0.717, 1.165) is 22.3 Å². The number of fused-ring (bicyclic) bond motifs is 1. The minimum absolute atomic E-state index is 0.123. The Bertz CT molecular complexity index is 1070. The third-order valence-electron chi connectivity index (χ3n) is 5.07. The van der Waals surface area contributed by atoms with Crippen LogP contribution in [0.4, 0.5) is 0 Å². The van der Waals surface area contributed by atoms with Crippen LogP contribution in [0.5, 0.6) is 5.75 Å². The molecular formula is C23H29N3O4.